The molecule has 376 valence electrons. The van der Waals surface area contributed by atoms with E-state index in [0.29, 0.717) is 6.42 Å². The lowest BCUT2D eigenvalue weighted by Crippen LogP contribution is -2.25. The van der Waals surface area contributed by atoms with Gasteiger partial charge in [-0.2, -0.15) is 0 Å². The molecule has 1 unspecified atom stereocenters. The molecule has 63 heavy (non-hydrogen) atoms. The highest BCUT2D eigenvalue weighted by atomic mass is 16.1. The van der Waals surface area contributed by atoms with Crippen molar-refractivity contribution >= 4 is 5.91 Å². The molecular weight excluding hydrogens is 765 g/mol. The Morgan fingerprint density at radius 3 is 1.03 bits per heavy atom. The van der Waals surface area contributed by atoms with Gasteiger partial charge in [-0.05, 0) is 77.9 Å². The monoisotopic (exact) mass is 885 g/mol. The maximum atomic E-state index is 12.2. The Balaban J connectivity index is 4.50. The number of rotatable bonds is 54. The molecule has 0 aliphatic rings. The molecule has 3 heteroatoms. The van der Waals surface area contributed by atoms with Gasteiger partial charge >= 0.3 is 0 Å². The summed E-state index contributed by atoms with van der Waals surface area (Å²) in [5.74, 6) is 1.22. The van der Waals surface area contributed by atoms with E-state index in [1.165, 1.54) is 295 Å². The van der Waals surface area contributed by atoms with Crippen molar-refractivity contribution in [3.63, 3.8) is 0 Å². The van der Waals surface area contributed by atoms with E-state index >= 15 is 0 Å². The van der Waals surface area contributed by atoms with E-state index < -0.39 is 0 Å². The number of nitrogens with zero attached hydrogens (tertiary/aromatic N) is 1. The Morgan fingerprint density at radius 2 is 0.698 bits per heavy atom. The topological polar surface area (TPSA) is 32.3 Å². The molecule has 1 amide bonds. The van der Waals surface area contributed by atoms with Crippen molar-refractivity contribution in [2.24, 2.45) is 5.92 Å². The molecule has 0 aliphatic carbocycles. The fourth-order valence-electron chi connectivity index (χ4n) is 9.91. The molecule has 0 aromatic carbocycles. The summed E-state index contributed by atoms with van der Waals surface area (Å²) in [5, 5.41) is 3.16. The van der Waals surface area contributed by atoms with Crippen molar-refractivity contribution in [1.29, 1.82) is 0 Å². The number of nitrogens with one attached hydrogen (secondary N) is 1. The molecule has 1 atom stereocenters. The Hall–Kier alpha value is -0.830. The van der Waals surface area contributed by atoms with Gasteiger partial charge in [0.2, 0.25) is 5.91 Å². The zero-order valence-electron chi connectivity index (χ0n) is 44.6. The molecule has 0 aromatic heterocycles. The fraction of sp³-hybridized carbons (Fsp3) is 0.950. The van der Waals surface area contributed by atoms with Crippen LogP contribution in [0.25, 0.3) is 0 Å². The van der Waals surface area contributed by atoms with Crippen molar-refractivity contribution in [2.75, 3.05) is 27.2 Å². The second kappa shape index (κ2) is 53.8. The fourth-order valence-corrected chi connectivity index (χ4v) is 9.91. The second-order valence-electron chi connectivity index (χ2n) is 21.1. The van der Waals surface area contributed by atoms with Gasteiger partial charge in [-0.25, -0.2) is 0 Å². The maximum absolute atomic E-state index is 12.2. The van der Waals surface area contributed by atoms with Crippen LogP contribution in [0.15, 0.2) is 11.6 Å². The van der Waals surface area contributed by atoms with Crippen molar-refractivity contribution in [3.05, 3.63) is 11.6 Å². The average Bonchev–Trinajstić information content (AvgIpc) is 3.27. The molecule has 3 nitrogen and oxygen atoms in total. The number of allylic oxidation sites excluding steroid dienone is 2. The molecule has 0 radical (unpaired) electrons. The highest BCUT2D eigenvalue weighted by Gasteiger charge is 2.09. The lowest BCUT2D eigenvalue weighted by Gasteiger charge is -2.17. The highest BCUT2D eigenvalue weighted by molar-refractivity contribution is 5.75. The molecule has 0 saturated heterocycles. The Bertz CT molecular complexity index is 897. The Kier molecular flexibility index (Phi) is 53.1. The quantitative estimate of drug-likeness (QED) is 0.0488. The van der Waals surface area contributed by atoms with E-state index in [4.69, 9.17) is 0 Å². The third-order valence-corrected chi connectivity index (χ3v) is 14.3. The summed E-state index contributed by atoms with van der Waals surface area (Å²) in [6, 6.07) is 0. The van der Waals surface area contributed by atoms with Gasteiger partial charge in [0.1, 0.15) is 0 Å². The summed E-state index contributed by atoms with van der Waals surface area (Å²) in [4.78, 5) is 14.4. The van der Waals surface area contributed by atoms with E-state index in [1.807, 2.05) is 0 Å². The first-order chi connectivity index (χ1) is 31.0. The largest absolute Gasteiger partial charge is 0.356 e. The van der Waals surface area contributed by atoms with Crippen LogP contribution in [0.4, 0.5) is 0 Å². The van der Waals surface area contributed by atoms with E-state index in [1.54, 1.807) is 5.57 Å². The van der Waals surface area contributed by atoms with Gasteiger partial charge in [-0.15, -0.1) is 0 Å². The molecule has 0 aliphatic heterocycles. The zero-order chi connectivity index (χ0) is 45.8. The molecule has 0 fully saturated rings. The summed E-state index contributed by atoms with van der Waals surface area (Å²) in [5.41, 5.74) is 1.74. The maximum Gasteiger partial charge on any atom is 0.220 e. The minimum absolute atomic E-state index is 0.226. The molecule has 0 rings (SSSR count). The van der Waals surface area contributed by atoms with Crippen molar-refractivity contribution in [2.45, 2.75) is 335 Å². The minimum atomic E-state index is 0.226. The molecule has 0 spiro atoms. The minimum Gasteiger partial charge on any atom is -0.356 e. The van der Waals surface area contributed by atoms with Gasteiger partial charge in [0.15, 0.2) is 0 Å². The molecule has 0 bridgehead atoms. The normalized spacial score (nSPS) is 12.5. The lowest BCUT2D eigenvalue weighted by atomic mass is 9.89. The molecule has 0 saturated carbocycles. The third kappa shape index (κ3) is 52.0. The van der Waals surface area contributed by atoms with Gasteiger partial charge in [0, 0.05) is 13.0 Å². The third-order valence-electron chi connectivity index (χ3n) is 14.3. The van der Waals surface area contributed by atoms with Gasteiger partial charge < -0.3 is 10.2 Å². The van der Waals surface area contributed by atoms with Crippen LogP contribution in [-0.2, 0) is 4.79 Å². The SMILES string of the molecule is CCCCCCCCCCCCCCCCCCC(=CCCCCNC(=O)CCCN(C)C)CCCCCCCCC(CCCCCCCCCC)CCCCCCCCCCC. The van der Waals surface area contributed by atoms with Gasteiger partial charge in [-0.3, -0.25) is 4.79 Å². The predicted molar refractivity (Wildman–Crippen MR) is 286 cm³/mol. The van der Waals surface area contributed by atoms with Crippen LogP contribution in [0.1, 0.15) is 335 Å². The zero-order valence-corrected chi connectivity index (χ0v) is 44.6. The lowest BCUT2D eigenvalue weighted by molar-refractivity contribution is -0.121. The van der Waals surface area contributed by atoms with E-state index in [2.05, 4.69) is 51.2 Å². The van der Waals surface area contributed by atoms with Gasteiger partial charge in [0.25, 0.3) is 0 Å². The first-order valence-electron chi connectivity index (χ1n) is 29.6. The number of unbranched alkanes of at least 4 members (excludes halogenated alkanes) is 37. The van der Waals surface area contributed by atoms with Crippen molar-refractivity contribution in [3.8, 4) is 0 Å². The van der Waals surface area contributed by atoms with E-state index in [0.717, 1.165) is 31.8 Å². The van der Waals surface area contributed by atoms with E-state index in [-0.39, 0.29) is 5.91 Å². The Morgan fingerprint density at radius 1 is 0.381 bits per heavy atom. The van der Waals surface area contributed by atoms with Crippen LogP contribution < -0.4 is 5.32 Å². The van der Waals surface area contributed by atoms with Gasteiger partial charge in [-0.1, -0.05) is 289 Å². The van der Waals surface area contributed by atoms with Crippen LogP contribution >= 0.6 is 0 Å². The van der Waals surface area contributed by atoms with Crippen LogP contribution in [-0.4, -0.2) is 38.0 Å². The number of hydrogen-bond acceptors (Lipinski definition) is 2. The summed E-state index contributed by atoms with van der Waals surface area (Å²) >= 11 is 0. The van der Waals surface area contributed by atoms with Gasteiger partial charge in [0.05, 0.1) is 0 Å². The number of carbonyl (C=O) groups is 1. The number of carbonyl (C=O) groups excluding carboxylic acids is 1. The summed E-state index contributed by atoms with van der Waals surface area (Å²) in [6.45, 7) is 8.79. The molecular formula is C60H120N2O. The van der Waals surface area contributed by atoms with Crippen LogP contribution in [0.5, 0.6) is 0 Å². The molecule has 1 N–H and O–H groups in total. The summed E-state index contributed by atoms with van der Waals surface area (Å²) in [6.07, 6.45) is 71.2. The number of hydrogen-bond donors (Lipinski definition) is 1. The van der Waals surface area contributed by atoms with E-state index in [9.17, 15) is 4.79 Å². The average molecular weight is 886 g/mol. The summed E-state index contributed by atoms with van der Waals surface area (Å²) in [7, 11) is 4.16. The van der Waals surface area contributed by atoms with Crippen LogP contribution in [0.3, 0.4) is 0 Å². The first kappa shape index (κ1) is 62.2. The molecule has 0 heterocycles. The highest BCUT2D eigenvalue weighted by Crippen LogP contribution is 2.26. The second-order valence-corrected chi connectivity index (χ2v) is 21.1. The standard InChI is InChI=1S/C60H120N2O/c1-6-9-12-15-18-21-22-23-24-25-26-27-29-32-37-43-52-59(54-46-40-47-56-61-60(63)55-48-57-62(4)5)53-45-39-34-33-38-44-51-58(49-41-35-30-20-17-14-11-8-3)50-42-36-31-28-19-16-13-10-7-2/h54,58H,6-53,55-57H2,1-5H3,(H,61,63). The Labute approximate surface area is 399 Å². The molecule has 0 aromatic rings. The number of amides is 1. The smallest absolute Gasteiger partial charge is 0.220 e. The first-order valence-corrected chi connectivity index (χ1v) is 29.6. The van der Waals surface area contributed by atoms with Crippen LogP contribution in [0, 0.1) is 5.92 Å². The van der Waals surface area contributed by atoms with Crippen molar-refractivity contribution in [1.82, 2.24) is 10.2 Å². The van der Waals surface area contributed by atoms with Crippen molar-refractivity contribution < 1.29 is 4.79 Å². The van der Waals surface area contributed by atoms with Crippen LogP contribution in [0.2, 0.25) is 0 Å². The summed E-state index contributed by atoms with van der Waals surface area (Å²) < 4.78 is 0. The predicted octanol–water partition coefficient (Wildman–Crippen LogP) is 20.4.